The van der Waals surface area contributed by atoms with Crippen LogP contribution < -0.4 is 10.1 Å². The Hall–Kier alpha value is -2.24. The lowest BCUT2D eigenvalue weighted by molar-refractivity contribution is -0.141. The van der Waals surface area contributed by atoms with Gasteiger partial charge in [-0.15, -0.1) is 0 Å². The molecule has 0 radical (unpaired) electrons. The summed E-state index contributed by atoms with van der Waals surface area (Å²) >= 11 is 12.3. The molecule has 1 N–H and O–H groups in total. The Morgan fingerprint density at radius 3 is 2.41 bits per heavy atom. The molecule has 0 heterocycles. The Morgan fingerprint density at radius 2 is 1.81 bits per heavy atom. The van der Waals surface area contributed by atoms with E-state index in [0.29, 0.717) is 28.6 Å². The lowest BCUT2D eigenvalue weighted by atomic mass is 10.1. The number of methoxy groups -OCH3 is 1. The summed E-state index contributed by atoms with van der Waals surface area (Å²) in [5, 5.41) is 4.12. The van der Waals surface area contributed by atoms with Crippen LogP contribution >= 0.6 is 23.2 Å². The lowest BCUT2D eigenvalue weighted by Gasteiger charge is -2.31. The second-order valence-corrected chi connectivity index (χ2v) is 9.04. The van der Waals surface area contributed by atoms with Crippen molar-refractivity contribution < 1.29 is 14.3 Å². The van der Waals surface area contributed by atoms with Gasteiger partial charge in [0.15, 0.2) is 0 Å². The number of carbonyl (C=O) groups is 2. The maximum Gasteiger partial charge on any atom is 0.243 e. The molecule has 0 bridgehead atoms. The molecule has 2 aromatic rings. The Balaban J connectivity index is 1.83. The summed E-state index contributed by atoms with van der Waals surface area (Å²) in [5.74, 6) is 0.493. The van der Waals surface area contributed by atoms with Crippen LogP contribution in [-0.4, -0.2) is 35.9 Å². The first-order chi connectivity index (χ1) is 15.4. The minimum atomic E-state index is -0.559. The number of ether oxygens (including phenoxy) is 1. The SMILES string of the molecule is CCC(C(=O)NC1CCCC1)N(Cc1ccc(OC)cc1)C(=O)Cc1ccc(Cl)cc1Cl. The average Bonchev–Trinajstić information content (AvgIpc) is 3.29. The third-order valence-electron chi connectivity index (χ3n) is 5.96. The second kappa shape index (κ2) is 11.6. The maximum absolute atomic E-state index is 13.4. The monoisotopic (exact) mass is 476 g/mol. The number of amides is 2. The number of hydrogen-bond donors (Lipinski definition) is 1. The van der Waals surface area contributed by atoms with E-state index in [4.69, 9.17) is 27.9 Å². The molecule has 1 unspecified atom stereocenters. The van der Waals surface area contributed by atoms with Gasteiger partial charge in [0.2, 0.25) is 11.8 Å². The van der Waals surface area contributed by atoms with Crippen molar-refractivity contribution in [3.8, 4) is 5.75 Å². The molecule has 2 amide bonds. The molecule has 1 fully saturated rings. The van der Waals surface area contributed by atoms with Crippen LogP contribution in [0.25, 0.3) is 0 Å². The highest BCUT2D eigenvalue weighted by atomic mass is 35.5. The predicted octanol–water partition coefficient (Wildman–Crippen LogP) is 5.41. The third-order valence-corrected chi connectivity index (χ3v) is 6.54. The van der Waals surface area contributed by atoms with Gasteiger partial charge in [-0.05, 0) is 54.7 Å². The molecule has 0 aliphatic heterocycles. The molecule has 172 valence electrons. The fraction of sp³-hybridized carbons (Fsp3) is 0.440. The van der Waals surface area contributed by atoms with Crippen LogP contribution in [0.5, 0.6) is 5.75 Å². The molecule has 0 aromatic heterocycles. The van der Waals surface area contributed by atoms with E-state index in [1.54, 1.807) is 30.2 Å². The number of hydrogen-bond acceptors (Lipinski definition) is 3. The van der Waals surface area contributed by atoms with Crippen molar-refractivity contribution in [2.45, 2.75) is 64.1 Å². The van der Waals surface area contributed by atoms with Crippen LogP contribution in [0.3, 0.4) is 0 Å². The zero-order chi connectivity index (χ0) is 23.1. The van der Waals surface area contributed by atoms with E-state index in [2.05, 4.69) is 5.32 Å². The Morgan fingerprint density at radius 1 is 1.12 bits per heavy atom. The zero-order valence-electron chi connectivity index (χ0n) is 18.6. The molecule has 5 nitrogen and oxygen atoms in total. The van der Waals surface area contributed by atoms with Crippen LogP contribution in [0.1, 0.15) is 50.2 Å². The molecule has 0 saturated heterocycles. The van der Waals surface area contributed by atoms with E-state index in [0.717, 1.165) is 37.0 Å². The van der Waals surface area contributed by atoms with Gasteiger partial charge >= 0.3 is 0 Å². The summed E-state index contributed by atoms with van der Waals surface area (Å²) in [5.41, 5.74) is 1.61. The molecule has 1 aliphatic rings. The zero-order valence-corrected chi connectivity index (χ0v) is 20.1. The van der Waals surface area contributed by atoms with Gasteiger partial charge in [0.05, 0.1) is 13.5 Å². The standard InChI is InChI=1S/C25H30Cl2N2O3/c1-3-23(25(31)28-20-6-4-5-7-20)29(16-17-8-12-21(32-2)13-9-17)24(30)14-18-10-11-19(26)15-22(18)27/h8-13,15,20,23H,3-7,14,16H2,1-2H3,(H,28,31). The molecule has 1 aliphatic carbocycles. The molecule has 32 heavy (non-hydrogen) atoms. The highest BCUT2D eigenvalue weighted by Crippen LogP contribution is 2.24. The van der Waals surface area contributed by atoms with E-state index < -0.39 is 6.04 Å². The van der Waals surface area contributed by atoms with E-state index in [1.807, 2.05) is 31.2 Å². The van der Waals surface area contributed by atoms with Crippen LogP contribution in [0.15, 0.2) is 42.5 Å². The molecular formula is C25H30Cl2N2O3. The predicted molar refractivity (Wildman–Crippen MR) is 128 cm³/mol. The summed E-state index contributed by atoms with van der Waals surface area (Å²) in [7, 11) is 1.61. The van der Waals surface area contributed by atoms with Crippen LogP contribution in [0, 0.1) is 0 Å². The van der Waals surface area contributed by atoms with Gasteiger partial charge < -0.3 is 15.0 Å². The Bertz CT molecular complexity index is 927. The van der Waals surface area contributed by atoms with Gasteiger partial charge in [-0.3, -0.25) is 9.59 Å². The first kappa shape index (κ1) is 24.4. The molecule has 0 spiro atoms. The van der Waals surface area contributed by atoms with Crippen molar-refractivity contribution in [1.29, 1.82) is 0 Å². The largest absolute Gasteiger partial charge is 0.497 e. The van der Waals surface area contributed by atoms with E-state index >= 15 is 0 Å². The molecule has 7 heteroatoms. The lowest BCUT2D eigenvalue weighted by Crippen LogP contribution is -2.51. The molecule has 1 atom stereocenters. The summed E-state index contributed by atoms with van der Waals surface area (Å²) < 4.78 is 5.23. The minimum Gasteiger partial charge on any atom is -0.497 e. The fourth-order valence-corrected chi connectivity index (χ4v) is 4.62. The van der Waals surface area contributed by atoms with Gasteiger partial charge in [-0.1, -0.05) is 61.2 Å². The topological polar surface area (TPSA) is 58.6 Å². The smallest absolute Gasteiger partial charge is 0.243 e. The van der Waals surface area contributed by atoms with E-state index in [9.17, 15) is 9.59 Å². The van der Waals surface area contributed by atoms with Crippen molar-refractivity contribution in [2.75, 3.05) is 7.11 Å². The number of halogens is 2. The van der Waals surface area contributed by atoms with Gasteiger partial charge in [-0.25, -0.2) is 0 Å². The van der Waals surface area contributed by atoms with Gasteiger partial charge in [0.25, 0.3) is 0 Å². The van der Waals surface area contributed by atoms with Crippen LogP contribution in [-0.2, 0) is 22.6 Å². The summed E-state index contributed by atoms with van der Waals surface area (Å²) in [4.78, 5) is 28.3. The molecule has 3 rings (SSSR count). The summed E-state index contributed by atoms with van der Waals surface area (Å²) in [6.07, 6.45) is 4.87. The fourth-order valence-electron chi connectivity index (χ4n) is 4.14. The number of nitrogens with one attached hydrogen (secondary N) is 1. The first-order valence-electron chi connectivity index (χ1n) is 11.1. The highest BCUT2D eigenvalue weighted by molar-refractivity contribution is 6.35. The number of benzene rings is 2. The first-order valence-corrected chi connectivity index (χ1v) is 11.8. The average molecular weight is 477 g/mol. The van der Waals surface area contributed by atoms with E-state index in [-0.39, 0.29) is 24.3 Å². The number of nitrogens with zero attached hydrogens (tertiary/aromatic N) is 1. The molecule has 2 aromatic carbocycles. The van der Waals surface area contributed by atoms with Crippen molar-refractivity contribution in [3.05, 3.63) is 63.6 Å². The second-order valence-electron chi connectivity index (χ2n) is 8.20. The quantitative estimate of drug-likeness (QED) is 0.526. The molecule has 1 saturated carbocycles. The minimum absolute atomic E-state index is 0.0940. The highest BCUT2D eigenvalue weighted by Gasteiger charge is 2.30. The number of rotatable bonds is 9. The van der Waals surface area contributed by atoms with Crippen molar-refractivity contribution >= 4 is 35.0 Å². The molecular weight excluding hydrogens is 447 g/mol. The maximum atomic E-state index is 13.4. The Labute approximate surface area is 200 Å². The van der Waals surface area contributed by atoms with Gasteiger partial charge in [-0.2, -0.15) is 0 Å². The van der Waals surface area contributed by atoms with Crippen LogP contribution in [0.4, 0.5) is 0 Å². The van der Waals surface area contributed by atoms with Crippen molar-refractivity contribution in [1.82, 2.24) is 10.2 Å². The third kappa shape index (κ3) is 6.39. The van der Waals surface area contributed by atoms with E-state index in [1.165, 1.54) is 0 Å². The van der Waals surface area contributed by atoms with Crippen molar-refractivity contribution in [2.24, 2.45) is 0 Å². The normalized spacial score (nSPS) is 14.8. The summed E-state index contributed by atoms with van der Waals surface area (Å²) in [6, 6.07) is 12.3. The van der Waals surface area contributed by atoms with Gasteiger partial charge in [0, 0.05) is 22.6 Å². The Kier molecular flexibility index (Phi) is 8.83. The number of carbonyl (C=O) groups excluding carboxylic acids is 2. The van der Waals surface area contributed by atoms with Crippen LogP contribution in [0.2, 0.25) is 10.0 Å². The van der Waals surface area contributed by atoms with Crippen molar-refractivity contribution in [3.63, 3.8) is 0 Å². The summed E-state index contributed by atoms with van der Waals surface area (Å²) in [6.45, 7) is 2.26. The van der Waals surface area contributed by atoms with Gasteiger partial charge in [0.1, 0.15) is 11.8 Å².